The van der Waals surface area contributed by atoms with Gasteiger partial charge in [-0.05, 0) is 48.6 Å². The summed E-state index contributed by atoms with van der Waals surface area (Å²) in [6.07, 6.45) is 15.9. The minimum atomic E-state index is 0.491. The highest BCUT2D eigenvalue weighted by Gasteiger charge is 2.17. The Hall–Kier alpha value is -1.20. The first-order chi connectivity index (χ1) is 14.4. The van der Waals surface area contributed by atoms with Gasteiger partial charge in [-0.1, -0.05) is 51.9 Å². The van der Waals surface area contributed by atoms with Gasteiger partial charge in [0.2, 0.25) is 0 Å². The zero-order valence-electron chi connectivity index (χ0n) is 17.6. The van der Waals surface area contributed by atoms with Gasteiger partial charge in [-0.3, -0.25) is 0 Å². The number of hydrogen-bond donors (Lipinski definition) is 0. The highest BCUT2D eigenvalue weighted by atomic mass is 32.2. The summed E-state index contributed by atoms with van der Waals surface area (Å²) in [5.41, 5.74) is 2.27. The van der Waals surface area contributed by atoms with Gasteiger partial charge in [0.25, 0.3) is 0 Å². The van der Waals surface area contributed by atoms with Crippen molar-refractivity contribution >= 4 is 23.5 Å². The summed E-state index contributed by atoms with van der Waals surface area (Å²) >= 11 is 4.01. The third-order valence-electron chi connectivity index (χ3n) is 5.15. The molecule has 1 aromatic heterocycles. The molecule has 2 heterocycles. The SMILES string of the molecule is CCCCCCCCCCOc1ccc(-c2ncc(C3SCCCS3)cn2)cc1. The van der Waals surface area contributed by atoms with E-state index in [1.54, 1.807) is 0 Å². The second-order valence-electron chi connectivity index (χ2n) is 7.61. The first-order valence-corrected chi connectivity index (χ1v) is 13.2. The zero-order valence-corrected chi connectivity index (χ0v) is 19.3. The number of rotatable bonds is 12. The highest BCUT2D eigenvalue weighted by molar-refractivity contribution is 8.16. The summed E-state index contributed by atoms with van der Waals surface area (Å²) in [5, 5.41) is 0. The largest absolute Gasteiger partial charge is 0.494 e. The van der Waals surface area contributed by atoms with Gasteiger partial charge in [0.15, 0.2) is 5.82 Å². The molecule has 5 heteroatoms. The van der Waals surface area contributed by atoms with Crippen LogP contribution in [0.15, 0.2) is 36.7 Å². The van der Waals surface area contributed by atoms with Crippen LogP contribution in [0.1, 0.15) is 74.9 Å². The summed E-state index contributed by atoms with van der Waals surface area (Å²) in [5.74, 6) is 4.19. The van der Waals surface area contributed by atoms with Crippen molar-refractivity contribution in [2.24, 2.45) is 0 Å². The Morgan fingerprint density at radius 2 is 1.48 bits per heavy atom. The van der Waals surface area contributed by atoms with Gasteiger partial charge in [-0.15, -0.1) is 23.5 Å². The second-order valence-corrected chi connectivity index (χ2v) is 10.3. The van der Waals surface area contributed by atoms with Crippen molar-refractivity contribution in [1.29, 1.82) is 0 Å². The molecule has 3 nitrogen and oxygen atoms in total. The van der Waals surface area contributed by atoms with Crippen molar-refractivity contribution in [2.75, 3.05) is 18.1 Å². The third-order valence-corrected chi connectivity index (χ3v) is 8.17. The molecule has 2 aromatic rings. The van der Waals surface area contributed by atoms with E-state index in [9.17, 15) is 0 Å². The summed E-state index contributed by atoms with van der Waals surface area (Å²) < 4.78 is 6.38. The molecule has 3 rings (SSSR count). The fraction of sp³-hybridized carbons (Fsp3) is 0.583. The number of hydrogen-bond acceptors (Lipinski definition) is 5. The van der Waals surface area contributed by atoms with Crippen molar-refractivity contribution in [1.82, 2.24) is 9.97 Å². The maximum Gasteiger partial charge on any atom is 0.159 e. The first kappa shape index (κ1) is 22.5. The van der Waals surface area contributed by atoms with Gasteiger partial charge < -0.3 is 4.74 Å². The lowest BCUT2D eigenvalue weighted by atomic mass is 10.1. The quantitative estimate of drug-likeness (QED) is 0.325. The van der Waals surface area contributed by atoms with Crippen molar-refractivity contribution in [3.8, 4) is 17.1 Å². The molecule has 29 heavy (non-hydrogen) atoms. The molecule has 0 atom stereocenters. The van der Waals surface area contributed by atoms with E-state index in [2.05, 4.69) is 29.0 Å². The van der Waals surface area contributed by atoms with Crippen LogP contribution >= 0.6 is 23.5 Å². The van der Waals surface area contributed by atoms with E-state index < -0.39 is 0 Å². The molecule has 0 N–H and O–H groups in total. The molecule has 0 radical (unpaired) electrons. The Morgan fingerprint density at radius 1 is 0.862 bits per heavy atom. The standard InChI is InChI=1S/C24H34N2OS2/c1-2-3-4-5-6-7-8-9-15-27-22-13-11-20(12-14-22)23-25-18-21(19-26-23)24-28-16-10-17-29-24/h11-14,18-19,24H,2-10,15-17H2,1H3. The predicted molar refractivity (Wildman–Crippen MR) is 128 cm³/mol. The van der Waals surface area contributed by atoms with E-state index >= 15 is 0 Å². The van der Waals surface area contributed by atoms with Crippen molar-refractivity contribution in [3.63, 3.8) is 0 Å². The molecular weight excluding hydrogens is 396 g/mol. The van der Waals surface area contributed by atoms with Gasteiger partial charge in [0.1, 0.15) is 5.75 Å². The van der Waals surface area contributed by atoms with Crippen LogP contribution in [0.5, 0.6) is 5.75 Å². The third kappa shape index (κ3) is 7.86. The van der Waals surface area contributed by atoms with E-state index in [1.165, 1.54) is 68.4 Å². The topological polar surface area (TPSA) is 35.0 Å². The summed E-state index contributed by atoms with van der Waals surface area (Å²) in [6.45, 7) is 3.07. The minimum Gasteiger partial charge on any atom is -0.494 e. The number of nitrogens with zero attached hydrogens (tertiary/aromatic N) is 2. The smallest absolute Gasteiger partial charge is 0.159 e. The van der Waals surface area contributed by atoms with Gasteiger partial charge in [0.05, 0.1) is 11.2 Å². The van der Waals surface area contributed by atoms with Crippen molar-refractivity contribution in [2.45, 2.75) is 69.3 Å². The maximum absolute atomic E-state index is 5.89. The van der Waals surface area contributed by atoms with Crippen LogP contribution in [0, 0.1) is 0 Å². The Balaban J connectivity index is 1.37. The lowest BCUT2D eigenvalue weighted by molar-refractivity contribution is 0.304. The fourth-order valence-electron chi connectivity index (χ4n) is 3.42. The Labute approximate surface area is 184 Å². The van der Waals surface area contributed by atoms with Crippen LogP contribution in [0.25, 0.3) is 11.4 Å². The van der Waals surface area contributed by atoms with Crippen LogP contribution in [-0.4, -0.2) is 28.1 Å². The number of aromatic nitrogens is 2. The number of thioether (sulfide) groups is 2. The van der Waals surface area contributed by atoms with E-state index in [0.717, 1.165) is 30.2 Å². The Bertz CT molecular complexity index is 685. The van der Waals surface area contributed by atoms with Gasteiger partial charge >= 0.3 is 0 Å². The number of unbranched alkanes of at least 4 members (excludes halogenated alkanes) is 7. The average molecular weight is 431 g/mol. The van der Waals surface area contributed by atoms with Crippen LogP contribution < -0.4 is 4.74 Å². The molecule has 1 aliphatic rings. The lowest BCUT2D eigenvalue weighted by Crippen LogP contribution is -2.02. The lowest BCUT2D eigenvalue weighted by Gasteiger charge is -2.20. The molecule has 1 aromatic carbocycles. The van der Waals surface area contributed by atoms with Crippen molar-refractivity contribution in [3.05, 3.63) is 42.2 Å². The number of benzene rings is 1. The molecule has 0 aliphatic carbocycles. The van der Waals surface area contributed by atoms with Gasteiger partial charge in [0, 0.05) is 23.5 Å². The molecule has 1 saturated heterocycles. The Morgan fingerprint density at radius 3 is 2.14 bits per heavy atom. The normalized spacial score (nSPS) is 14.8. The summed E-state index contributed by atoms with van der Waals surface area (Å²) in [4.78, 5) is 9.20. The van der Waals surface area contributed by atoms with Crippen LogP contribution in [0.4, 0.5) is 0 Å². The van der Waals surface area contributed by atoms with E-state index in [-0.39, 0.29) is 0 Å². The average Bonchev–Trinajstić information content (AvgIpc) is 2.79. The van der Waals surface area contributed by atoms with Crippen LogP contribution in [0.3, 0.4) is 0 Å². The van der Waals surface area contributed by atoms with Crippen LogP contribution in [0.2, 0.25) is 0 Å². The molecule has 0 bridgehead atoms. The fourth-order valence-corrected chi connectivity index (χ4v) is 6.24. The molecule has 0 amide bonds. The van der Waals surface area contributed by atoms with Crippen molar-refractivity contribution < 1.29 is 4.74 Å². The Kier molecular flexibility index (Phi) is 10.2. The van der Waals surface area contributed by atoms with E-state index in [4.69, 9.17) is 4.74 Å². The first-order valence-electron chi connectivity index (χ1n) is 11.1. The monoisotopic (exact) mass is 430 g/mol. The zero-order chi connectivity index (χ0) is 20.2. The molecule has 0 unspecified atom stereocenters. The summed E-state index contributed by atoms with van der Waals surface area (Å²) in [6, 6.07) is 8.18. The molecular formula is C24H34N2OS2. The molecule has 1 fully saturated rings. The minimum absolute atomic E-state index is 0.491. The maximum atomic E-state index is 5.89. The molecule has 0 spiro atoms. The second kappa shape index (κ2) is 13.2. The van der Waals surface area contributed by atoms with Crippen LogP contribution in [-0.2, 0) is 0 Å². The molecule has 0 saturated carbocycles. The number of ether oxygens (including phenoxy) is 1. The van der Waals surface area contributed by atoms with E-state index in [1.807, 2.05) is 48.1 Å². The summed E-state index contributed by atoms with van der Waals surface area (Å²) in [7, 11) is 0. The van der Waals surface area contributed by atoms with Gasteiger partial charge in [-0.25, -0.2) is 9.97 Å². The molecule has 1 aliphatic heterocycles. The van der Waals surface area contributed by atoms with Gasteiger partial charge in [-0.2, -0.15) is 0 Å². The predicted octanol–water partition coefficient (Wildman–Crippen LogP) is 7.53. The van der Waals surface area contributed by atoms with E-state index in [0.29, 0.717) is 4.58 Å². The highest BCUT2D eigenvalue weighted by Crippen LogP contribution is 2.43. The molecule has 158 valence electrons.